The number of carbonyl (C=O) groups is 2. The van der Waals surface area contributed by atoms with Crippen LogP contribution in [0.2, 0.25) is 0 Å². The van der Waals surface area contributed by atoms with Gasteiger partial charge in [0.25, 0.3) is 0 Å². The fourth-order valence-electron chi connectivity index (χ4n) is 2.51. The van der Waals surface area contributed by atoms with Gasteiger partial charge in [-0.1, -0.05) is 30.3 Å². The van der Waals surface area contributed by atoms with Crippen molar-refractivity contribution in [1.82, 2.24) is 0 Å². The van der Waals surface area contributed by atoms with Gasteiger partial charge in [-0.15, -0.1) is 0 Å². The summed E-state index contributed by atoms with van der Waals surface area (Å²) in [6.07, 6.45) is 2.18. The average molecular weight is 232 g/mol. The van der Waals surface area contributed by atoms with Crippen LogP contribution in [0.3, 0.4) is 0 Å². The van der Waals surface area contributed by atoms with Crippen LogP contribution < -0.4 is 0 Å². The Hall–Kier alpha value is -1.64. The lowest BCUT2D eigenvalue weighted by atomic mass is 9.76. The first-order valence-electron chi connectivity index (χ1n) is 5.95. The predicted molar refractivity (Wildman–Crippen MR) is 63.6 cm³/mol. The molecule has 0 amide bonds. The SMILES string of the molecule is O=C1CC[C@@H](Cc2ccccc2)[C@H](C(=O)O)C1. The van der Waals surface area contributed by atoms with Crippen molar-refractivity contribution >= 4 is 11.8 Å². The summed E-state index contributed by atoms with van der Waals surface area (Å²) in [5.41, 5.74) is 1.15. The van der Waals surface area contributed by atoms with Crippen LogP contribution in [0.25, 0.3) is 0 Å². The zero-order valence-corrected chi connectivity index (χ0v) is 9.63. The largest absolute Gasteiger partial charge is 0.481 e. The fraction of sp³-hybridized carbons (Fsp3) is 0.429. The van der Waals surface area contributed by atoms with Crippen LogP contribution in [0.5, 0.6) is 0 Å². The molecule has 0 saturated heterocycles. The van der Waals surface area contributed by atoms with Gasteiger partial charge >= 0.3 is 5.97 Å². The molecule has 0 spiro atoms. The number of carboxylic acids is 1. The first-order valence-corrected chi connectivity index (χ1v) is 5.95. The van der Waals surface area contributed by atoms with Gasteiger partial charge in [-0.2, -0.15) is 0 Å². The second kappa shape index (κ2) is 5.13. The average Bonchev–Trinajstić information content (AvgIpc) is 2.32. The van der Waals surface area contributed by atoms with Gasteiger partial charge in [-0.05, 0) is 24.3 Å². The Kier molecular flexibility index (Phi) is 3.57. The number of carbonyl (C=O) groups excluding carboxylic acids is 1. The van der Waals surface area contributed by atoms with Crippen LogP contribution in [0.4, 0.5) is 0 Å². The summed E-state index contributed by atoms with van der Waals surface area (Å²) in [7, 11) is 0. The lowest BCUT2D eigenvalue weighted by Crippen LogP contribution is -2.32. The first kappa shape index (κ1) is 11.8. The molecule has 3 nitrogen and oxygen atoms in total. The molecule has 17 heavy (non-hydrogen) atoms. The van der Waals surface area contributed by atoms with E-state index in [1.807, 2.05) is 30.3 Å². The summed E-state index contributed by atoms with van der Waals surface area (Å²) in [5.74, 6) is -1.16. The van der Waals surface area contributed by atoms with Gasteiger partial charge in [0.2, 0.25) is 0 Å². The van der Waals surface area contributed by atoms with Gasteiger partial charge in [0.15, 0.2) is 0 Å². The number of ketones is 1. The van der Waals surface area contributed by atoms with Crippen LogP contribution in [0, 0.1) is 11.8 Å². The Balaban J connectivity index is 2.08. The predicted octanol–water partition coefficient (Wildman–Crippen LogP) is 2.30. The molecule has 0 radical (unpaired) electrons. The van der Waals surface area contributed by atoms with Crippen LogP contribution in [0.15, 0.2) is 30.3 Å². The van der Waals surface area contributed by atoms with Crippen LogP contribution in [-0.2, 0) is 16.0 Å². The summed E-state index contributed by atoms with van der Waals surface area (Å²) >= 11 is 0. The molecule has 2 rings (SSSR count). The zero-order valence-electron chi connectivity index (χ0n) is 9.63. The molecule has 1 aromatic rings. The van der Waals surface area contributed by atoms with Crippen LogP contribution >= 0.6 is 0 Å². The first-order chi connectivity index (χ1) is 8.16. The highest BCUT2D eigenvalue weighted by Gasteiger charge is 2.34. The molecule has 1 saturated carbocycles. The molecule has 1 N–H and O–H groups in total. The Bertz CT molecular complexity index is 411. The maximum absolute atomic E-state index is 11.3. The molecule has 0 aromatic heterocycles. The minimum Gasteiger partial charge on any atom is -0.481 e. The molecular weight excluding hydrogens is 216 g/mol. The number of aliphatic carboxylic acids is 1. The van der Waals surface area contributed by atoms with Crippen molar-refractivity contribution in [3.8, 4) is 0 Å². The van der Waals surface area contributed by atoms with E-state index in [0.717, 1.165) is 12.0 Å². The fourth-order valence-corrected chi connectivity index (χ4v) is 2.51. The molecular formula is C14H16O3. The van der Waals surface area contributed by atoms with Crippen LogP contribution in [-0.4, -0.2) is 16.9 Å². The Labute approximate surface area is 100 Å². The van der Waals surface area contributed by atoms with E-state index in [9.17, 15) is 9.59 Å². The molecule has 2 atom stereocenters. The number of rotatable bonds is 3. The monoisotopic (exact) mass is 232 g/mol. The van der Waals surface area contributed by atoms with E-state index < -0.39 is 11.9 Å². The summed E-state index contributed by atoms with van der Waals surface area (Å²) in [5, 5.41) is 9.15. The second-order valence-electron chi connectivity index (χ2n) is 4.68. The van der Waals surface area contributed by atoms with E-state index in [2.05, 4.69) is 0 Å². The van der Waals surface area contributed by atoms with Crippen molar-refractivity contribution in [3.05, 3.63) is 35.9 Å². The molecule has 0 heterocycles. The van der Waals surface area contributed by atoms with Gasteiger partial charge in [0, 0.05) is 12.8 Å². The molecule has 90 valence electrons. The van der Waals surface area contributed by atoms with E-state index in [-0.39, 0.29) is 18.1 Å². The number of hydrogen-bond acceptors (Lipinski definition) is 2. The topological polar surface area (TPSA) is 54.4 Å². The normalized spacial score (nSPS) is 24.6. The summed E-state index contributed by atoms with van der Waals surface area (Å²) in [6, 6.07) is 9.88. The third-order valence-electron chi connectivity index (χ3n) is 3.47. The molecule has 0 aliphatic heterocycles. The number of Topliss-reactive ketones (excluding diaryl/α,β-unsaturated/α-hetero) is 1. The smallest absolute Gasteiger partial charge is 0.307 e. The Morgan fingerprint density at radius 3 is 2.65 bits per heavy atom. The Morgan fingerprint density at radius 2 is 2.00 bits per heavy atom. The van der Waals surface area contributed by atoms with Crippen LogP contribution in [0.1, 0.15) is 24.8 Å². The zero-order chi connectivity index (χ0) is 12.3. The minimum absolute atomic E-state index is 0.0849. The van der Waals surface area contributed by atoms with Gasteiger partial charge in [0.05, 0.1) is 5.92 Å². The van der Waals surface area contributed by atoms with Crippen molar-refractivity contribution < 1.29 is 14.7 Å². The summed E-state index contributed by atoms with van der Waals surface area (Å²) in [6.45, 7) is 0. The van der Waals surface area contributed by atoms with E-state index in [0.29, 0.717) is 12.8 Å². The van der Waals surface area contributed by atoms with E-state index in [4.69, 9.17) is 5.11 Å². The highest BCUT2D eigenvalue weighted by molar-refractivity contribution is 5.85. The highest BCUT2D eigenvalue weighted by atomic mass is 16.4. The minimum atomic E-state index is -0.834. The molecule has 0 bridgehead atoms. The lowest BCUT2D eigenvalue weighted by molar-refractivity contribution is -0.147. The molecule has 1 aromatic carbocycles. The van der Waals surface area contributed by atoms with Gasteiger partial charge in [0.1, 0.15) is 5.78 Å². The van der Waals surface area contributed by atoms with Crippen molar-refractivity contribution in [2.24, 2.45) is 11.8 Å². The summed E-state index contributed by atoms with van der Waals surface area (Å²) in [4.78, 5) is 22.5. The third kappa shape index (κ3) is 2.93. The number of benzene rings is 1. The standard InChI is InChI=1S/C14H16O3/c15-12-7-6-11(13(9-12)14(16)17)8-10-4-2-1-3-5-10/h1-5,11,13H,6-9H2,(H,16,17)/t11-,13+/m0/s1. The maximum atomic E-state index is 11.3. The molecule has 3 heteroatoms. The maximum Gasteiger partial charge on any atom is 0.307 e. The van der Waals surface area contributed by atoms with Gasteiger partial charge < -0.3 is 5.11 Å². The number of carboxylic acid groups (broad SMARTS) is 1. The van der Waals surface area contributed by atoms with E-state index in [1.165, 1.54) is 0 Å². The van der Waals surface area contributed by atoms with Crippen molar-refractivity contribution in [2.45, 2.75) is 25.7 Å². The van der Waals surface area contributed by atoms with Crippen molar-refractivity contribution in [2.75, 3.05) is 0 Å². The highest BCUT2D eigenvalue weighted by Crippen LogP contribution is 2.31. The molecule has 1 fully saturated rings. The molecule has 1 aliphatic rings. The number of hydrogen-bond donors (Lipinski definition) is 1. The van der Waals surface area contributed by atoms with Gasteiger partial charge in [-0.3, -0.25) is 9.59 Å². The third-order valence-corrected chi connectivity index (χ3v) is 3.47. The van der Waals surface area contributed by atoms with Crippen molar-refractivity contribution in [1.29, 1.82) is 0 Å². The van der Waals surface area contributed by atoms with Crippen molar-refractivity contribution in [3.63, 3.8) is 0 Å². The second-order valence-corrected chi connectivity index (χ2v) is 4.68. The molecule has 0 unspecified atom stereocenters. The Morgan fingerprint density at radius 1 is 1.29 bits per heavy atom. The quantitative estimate of drug-likeness (QED) is 0.870. The summed E-state index contributed by atoms with van der Waals surface area (Å²) < 4.78 is 0. The lowest BCUT2D eigenvalue weighted by Gasteiger charge is -2.27. The van der Waals surface area contributed by atoms with E-state index in [1.54, 1.807) is 0 Å². The molecule has 1 aliphatic carbocycles. The van der Waals surface area contributed by atoms with Gasteiger partial charge in [-0.25, -0.2) is 0 Å². The van der Waals surface area contributed by atoms with E-state index >= 15 is 0 Å².